The third kappa shape index (κ3) is 3.96. The molecule has 0 aliphatic rings. The van der Waals surface area contributed by atoms with Crippen molar-refractivity contribution in [1.82, 2.24) is 14.3 Å². The van der Waals surface area contributed by atoms with E-state index < -0.39 is 10.0 Å². The second-order valence-corrected chi connectivity index (χ2v) is 6.22. The third-order valence-corrected chi connectivity index (χ3v) is 4.41. The maximum atomic E-state index is 12.1. The number of sulfonamides is 1. The molecule has 2 rings (SSSR count). The second kappa shape index (κ2) is 6.59. The minimum Gasteiger partial charge on any atom is -0.495 e. The molecule has 1 aromatic carbocycles. The second-order valence-electron chi connectivity index (χ2n) is 4.46. The Labute approximate surface area is 123 Å². The van der Waals surface area contributed by atoms with Crippen LogP contribution in [0.3, 0.4) is 0 Å². The van der Waals surface area contributed by atoms with Crippen molar-refractivity contribution in [2.75, 3.05) is 19.4 Å². The van der Waals surface area contributed by atoms with Crippen LogP contribution in [0.15, 0.2) is 41.8 Å². The quantitative estimate of drug-likeness (QED) is 0.583. The monoisotopic (exact) mass is 310 g/mol. The molecule has 0 fully saturated rings. The Morgan fingerprint density at radius 2 is 2.24 bits per heavy atom. The molecular weight excluding hydrogens is 292 g/mol. The van der Waals surface area contributed by atoms with Gasteiger partial charge < -0.3 is 15.0 Å². The van der Waals surface area contributed by atoms with Crippen LogP contribution >= 0.6 is 0 Å². The van der Waals surface area contributed by atoms with E-state index in [9.17, 15) is 8.42 Å². The Morgan fingerprint density at radius 3 is 2.86 bits per heavy atom. The van der Waals surface area contributed by atoms with Crippen molar-refractivity contribution in [3.63, 3.8) is 0 Å². The number of rotatable bonds is 7. The topological polar surface area (TPSA) is 99.2 Å². The van der Waals surface area contributed by atoms with Gasteiger partial charge in [0, 0.05) is 25.5 Å². The molecule has 0 radical (unpaired) electrons. The number of nitrogen functional groups attached to an aromatic ring is 1. The van der Waals surface area contributed by atoms with Crippen molar-refractivity contribution >= 4 is 15.7 Å². The van der Waals surface area contributed by atoms with Crippen LogP contribution in [0.1, 0.15) is 6.42 Å². The first-order valence-corrected chi connectivity index (χ1v) is 7.90. The number of benzene rings is 1. The standard InChI is InChI=1S/C13H18N4O3S/c1-20-13-4-3-11(9-12(13)14)21(18,19)16-5-2-7-17-8-6-15-10-17/h3-4,6,8-10,16H,2,5,7,14H2,1H3. The smallest absolute Gasteiger partial charge is 0.240 e. The highest BCUT2D eigenvalue weighted by molar-refractivity contribution is 7.89. The minimum atomic E-state index is -3.56. The highest BCUT2D eigenvalue weighted by Crippen LogP contribution is 2.24. The molecule has 1 aromatic heterocycles. The molecule has 8 heteroatoms. The van der Waals surface area contributed by atoms with Gasteiger partial charge in [0.05, 0.1) is 24.0 Å². The minimum absolute atomic E-state index is 0.128. The number of hydrogen-bond acceptors (Lipinski definition) is 5. The summed E-state index contributed by atoms with van der Waals surface area (Å²) in [5.74, 6) is 0.453. The summed E-state index contributed by atoms with van der Waals surface area (Å²) in [7, 11) is -2.08. The van der Waals surface area contributed by atoms with Crippen molar-refractivity contribution in [2.45, 2.75) is 17.9 Å². The van der Waals surface area contributed by atoms with Crippen LogP contribution in [0.2, 0.25) is 0 Å². The molecular formula is C13H18N4O3S. The molecule has 0 saturated carbocycles. The van der Waals surface area contributed by atoms with Crippen LogP contribution in [-0.2, 0) is 16.6 Å². The summed E-state index contributed by atoms with van der Waals surface area (Å²) in [5, 5.41) is 0. The lowest BCUT2D eigenvalue weighted by Crippen LogP contribution is -2.25. The van der Waals surface area contributed by atoms with E-state index in [0.717, 1.165) is 0 Å². The fourth-order valence-electron chi connectivity index (χ4n) is 1.85. The average molecular weight is 310 g/mol. The Hall–Kier alpha value is -2.06. The van der Waals surface area contributed by atoms with Crippen LogP contribution in [0.25, 0.3) is 0 Å². The summed E-state index contributed by atoms with van der Waals surface area (Å²) in [6.45, 7) is 1.04. The van der Waals surface area contributed by atoms with Gasteiger partial charge in [-0.25, -0.2) is 18.1 Å². The lowest BCUT2D eigenvalue weighted by Gasteiger charge is -2.09. The number of ether oxygens (including phenoxy) is 1. The van der Waals surface area contributed by atoms with E-state index in [1.807, 2.05) is 10.8 Å². The summed E-state index contributed by atoms with van der Waals surface area (Å²) < 4.78 is 33.7. The number of aryl methyl sites for hydroxylation is 1. The van der Waals surface area contributed by atoms with Crippen LogP contribution in [0.5, 0.6) is 5.75 Å². The van der Waals surface area contributed by atoms with Gasteiger partial charge in [0.25, 0.3) is 0 Å². The van der Waals surface area contributed by atoms with E-state index in [2.05, 4.69) is 9.71 Å². The first kappa shape index (κ1) is 15.3. The molecule has 3 N–H and O–H groups in total. The van der Waals surface area contributed by atoms with Gasteiger partial charge in [-0.05, 0) is 24.6 Å². The normalized spacial score (nSPS) is 11.5. The maximum absolute atomic E-state index is 12.1. The van der Waals surface area contributed by atoms with Crippen LogP contribution in [-0.4, -0.2) is 31.6 Å². The van der Waals surface area contributed by atoms with Crippen LogP contribution in [0, 0.1) is 0 Å². The van der Waals surface area contributed by atoms with Crippen LogP contribution < -0.4 is 15.2 Å². The molecule has 0 aliphatic carbocycles. The van der Waals surface area contributed by atoms with Gasteiger partial charge >= 0.3 is 0 Å². The van der Waals surface area contributed by atoms with E-state index in [-0.39, 0.29) is 4.90 Å². The van der Waals surface area contributed by atoms with Crippen molar-refractivity contribution < 1.29 is 13.2 Å². The largest absolute Gasteiger partial charge is 0.495 e. The van der Waals surface area contributed by atoms with Crippen molar-refractivity contribution in [1.29, 1.82) is 0 Å². The summed E-state index contributed by atoms with van der Waals surface area (Å²) in [5.41, 5.74) is 6.01. The summed E-state index contributed by atoms with van der Waals surface area (Å²) in [6, 6.07) is 4.39. The number of nitrogens with zero attached hydrogens (tertiary/aromatic N) is 2. The maximum Gasteiger partial charge on any atom is 0.240 e. The van der Waals surface area contributed by atoms with Crippen molar-refractivity contribution in [3.8, 4) is 5.75 Å². The number of hydrogen-bond donors (Lipinski definition) is 2. The molecule has 0 unspecified atom stereocenters. The number of nitrogens with one attached hydrogen (secondary N) is 1. The molecule has 0 aliphatic heterocycles. The molecule has 0 bridgehead atoms. The van der Waals surface area contributed by atoms with E-state index in [1.54, 1.807) is 12.5 Å². The van der Waals surface area contributed by atoms with E-state index in [4.69, 9.17) is 10.5 Å². The summed E-state index contributed by atoms with van der Waals surface area (Å²) in [6.07, 6.45) is 5.88. The molecule has 1 heterocycles. The first-order chi connectivity index (χ1) is 10.0. The average Bonchev–Trinajstić information content (AvgIpc) is 2.97. The Balaban J connectivity index is 1.93. The number of aromatic nitrogens is 2. The number of anilines is 1. The number of nitrogens with two attached hydrogens (primary N) is 1. The SMILES string of the molecule is COc1ccc(S(=O)(=O)NCCCn2ccnc2)cc1N. The van der Waals surface area contributed by atoms with Gasteiger partial charge in [-0.1, -0.05) is 0 Å². The van der Waals surface area contributed by atoms with E-state index in [1.165, 1.54) is 25.3 Å². The third-order valence-electron chi connectivity index (χ3n) is 2.96. The fraction of sp³-hybridized carbons (Fsp3) is 0.308. The zero-order valence-electron chi connectivity index (χ0n) is 11.7. The molecule has 0 atom stereocenters. The van der Waals surface area contributed by atoms with Crippen LogP contribution in [0.4, 0.5) is 5.69 Å². The van der Waals surface area contributed by atoms with Gasteiger partial charge in [-0.15, -0.1) is 0 Å². The molecule has 2 aromatic rings. The Kier molecular flexibility index (Phi) is 4.81. The molecule has 0 saturated heterocycles. The highest BCUT2D eigenvalue weighted by Gasteiger charge is 2.14. The number of imidazole rings is 1. The Bertz CT molecular complexity index is 683. The lowest BCUT2D eigenvalue weighted by molar-refractivity contribution is 0.416. The van der Waals surface area contributed by atoms with Crippen molar-refractivity contribution in [3.05, 3.63) is 36.9 Å². The van der Waals surface area contributed by atoms with Gasteiger partial charge in [0.1, 0.15) is 5.75 Å². The predicted octanol–water partition coefficient (Wildman–Crippen LogP) is 0.842. The molecule has 0 spiro atoms. The zero-order valence-corrected chi connectivity index (χ0v) is 12.5. The van der Waals surface area contributed by atoms with Crippen molar-refractivity contribution in [2.24, 2.45) is 0 Å². The highest BCUT2D eigenvalue weighted by atomic mass is 32.2. The molecule has 0 amide bonds. The fourth-order valence-corrected chi connectivity index (χ4v) is 2.96. The first-order valence-electron chi connectivity index (χ1n) is 6.42. The molecule has 114 valence electrons. The molecule has 7 nitrogen and oxygen atoms in total. The zero-order chi connectivity index (χ0) is 15.3. The van der Waals surface area contributed by atoms with E-state index in [0.29, 0.717) is 30.9 Å². The van der Waals surface area contributed by atoms with Gasteiger partial charge in [0.15, 0.2) is 0 Å². The van der Waals surface area contributed by atoms with Gasteiger partial charge in [-0.3, -0.25) is 0 Å². The Morgan fingerprint density at radius 1 is 1.43 bits per heavy atom. The lowest BCUT2D eigenvalue weighted by atomic mass is 10.3. The molecule has 21 heavy (non-hydrogen) atoms. The van der Waals surface area contributed by atoms with Gasteiger partial charge in [-0.2, -0.15) is 0 Å². The predicted molar refractivity (Wildman–Crippen MR) is 79.4 cm³/mol. The summed E-state index contributed by atoms with van der Waals surface area (Å²) >= 11 is 0. The van der Waals surface area contributed by atoms with E-state index >= 15 is 0 Å². The number of methoxy groups -OCH3 is 1. The van der Waals surface area contributed by atoms with Gasteiger partial charge in [0.2, 0.25) is 10.0 Å². The summed E-state index contributed by atoms with van der Waals surface area (Å²) in [4.78, 5) is 4.05.